The fraction of sp³-hybridized carbons (Fsp3) is 0.538. The smallest absolute Gasteiger partial charge is 0.133 e. The summed E-state index contributed by atoms with van der Waals surface area (Å²) >= 11 is 9.33. The molecule has 1 N–H and O–H groups in total. The van der Waals surface area contributed by atoms with Crippen molar-refractivity contribution in [2.45, 2.75) is 31.7 Å². The second-order valence-corrected chi connectivity index (χ2v) is 5.65. The second kappa shape index (κ2) is 6.62. The van der Waals surface area contributed by atoms with Gasteiger partial charge in [0.25, 0.3) is 0 Å². The first kappa shape index (κ1) is 13.2. The molecule has 0 radical (unpaired) electrons. The summed E-state index contributed by atoms with van der Waals surface area (Å²) in [5.74, 6) is 0.866. The Kier molecular flexibility index (Phi) is 5.14. The van der Waals surface area contributed by atoms with Gasteiger partial charge in [-0.2, -0.15) is 0 Å². The third-order valence-corrected chi connectivity index (χ3v) is 3.88. The third kappa shape index (κ3) is 4.16. The van der Waals surface area contributed by atoms with E-state index in [-0.39, 0.29) is 0 Å². The Balaban J connectivity index is 1.77. The molecule has 1 aromatic rings. The minimum absolute atomic E-state index is 0.620. The standard InChI is InChI=1S/C13H17BrClNO/c14-12-9-10(15)4-5-13(12)17-8-6-11-3-1-2-7-16-11/h4-5,9,11,16H,1-3,6-8H2/t11-/m1/s1. The lowest BCUT2D eigenvalue weighted by molar-refractivity contribution is 0.267. The maximum atomic E-state index is 5.88. The van der Waals surface area contributed by atoms with Crippen LogP contribution in [-0.4, -0.2) is 19.2 Å². The molecule has 17 heavy (non-hydrogen) atoms. The Labute approximate surface area is 116 Å². The van der Waals surface area contributed by atoms with Crippen molar-refractivity contribution in [3.63, 3.8) is 0 Å². The van der Waals surface area contributed by atoms with E-state index in [4.69, 9.17) is 16.3 Å². The zero-order valence-electron chi connectivity index (χ0n) is 9.72. The van der Waals surface area contributed by atoms with Crippen LogP contribution in [0, 0.1) is 0 Å². The zero-order valence-corrected chi connectivity index (χ0v) is 12.1. The molecule has 1 fully saturated rings. The fourth-order valence-electron chi connectivity index (χ4n) is 2.07. The maximum absolute atomic E-state index is 5.88. The number of nitrogens with one attached hydrogen (secondary N) is 1. The molecule has 0 aliphatic carbocycles. The molecule has 0 aromatic heterocycles. The molecular formula is C13H17BrClNO. The molecule has 2 nitrogen and oxygen atoms in total. The molecule has 1 aromatic carbocycles. The van der Waals surface area contributed by atoms with Crippen molar-refractivity contribution in [2.75, 3.05) is 13.2 Å². The van der Waals surface area contributed by atoms with Crippen LogP contribution in [0.4, 0.5) is 0 Å². The summed E-state index contributed by atoms with van der Waals surface area (Å²) in [6, 6.07) is 6.23. The first-order valence-corrected chi connectivity index (χ1v) is 7.24. The molecule has 0 unspecified atom stereocenters. The Morgan fingerprint density at radius 1 is 1.41 bits per heavy atom. The highest BCUT2D eigenvalue weighted by atomic mass is 79.9. The first-order chi connectivity index (χ1) is 8.25. The van der Waals surface area contributed by atoms with Crippen LogP contribution in [0.1, 0.15) is 25.7 Å². The Morgan fingerprint density at radius 2 is 2.29 bits per heavy atom. The molecule has 1 aliphatic heterocycles. The monoisotopic (exact) mass is 317 g/mol. The number of piperidine rings is 1. The van der Waals surface area contributed by atoms with Crippen molar-refractivity contribution in [2.24, 2.45) is 0 Å². The molecule has 2 rings (SSSR count). The van der Waals surface area contributed by atoms with Crippen molar-refractivity contribution in [3.8, 4) is 5.75 Å². The molecule has 94 valence electrons. The molecule has 0 bridgehead atoms. The highest BCUT2D eigenvalue weighted by Gasteiger charge is 2.12. The summed E-state index contributed by atoms with van der Waals surface area (Å²) in [7, 11) is 0. The minimum Gasteiger partial charge on any atom is -0.492 e. The predicted octanol–water partition coefficient (Wildman–Crippen LogP) is 4.01. The lowest BCUT2D eigenvalue weighted by Gasteiger charge is -2.23. The SMILES string of the molecule is Clc1ccc(OCC[C@H]2CCCCN2)c(Br)c1. The summed E-state index contributed by atoms with van der Waals surface area (Å²) in [5, 5.41) is 4.24. The van der Waals surface area contributed by atoms with Crippen LogP contribution in [0.15, 0.2) is 22.7 Å². The largest absolute Gasteiger partial charge is 0.492 e. The van der Waals surface area contributed by atoms with Crippen LogP contribution in [0.3, 0.4) is 0 Å². The lowest BCUT2D eigenvalue weighted by Crippen LogP contribution is -2.35. The Morgan fingerprint density at radius 3 is 3.00 bits per heavy atom. The van der Waals surface area contributed by atoms with E-state index in [1.807, 2.05) is 18.2 Å². The number of hydrogen-bond donors (Lipinski definition) is 1. The second-order valence-electron chi connectivity index (χ2n) is 4.36. The van der Waals surface area contributed by atoms with E-state index >= 15 is 0 Å². The molecule has 1 aliphatic rings. The molecular weight excluding hydrogens is 302 g/mol. The average molecular weight is 319 g/mol. The van der Waals surface area contributed by atoms with Crippen LogP contribution >= 0.6 is 27.5 Å². The highest BCUT2D eigenvalue weighted by molar-refractivity contribution is 9.10. The van der Waals surface area contributed by atoms with E-state index in [0.717, 1.165) is 34.8 Å². The van der Waals surface area contributed by atoms with Gasteiger partial charge in [-0.05, 0) is 59.9 Å². The lowest BCUT2D eigenvalue weighted by atomic mass is 10.0. The summed E-state index contributed by atoms with van der Waals surface area (Å²) in [5.41, 5.74) is 0. The fourth-order valence-corrected chi connectivity index (χ4v) is 2.87. The van der Waals surface area contributed by atoms with Crippen molar-refractivity contribution >= 4 is 27.5 Å². The van der Waals surface area contributed by atoms with Gasteiger partial charge in [0, 0.05) is 11.1 Å². The number of benzene rings is 1. The van der Waals surface area contributed by atoms with Gasteiger partial charge in [-0.3, -0.25) is 0 Å². The average Bonchev–Trinajstić information content (AvgIpc) is 2.33. The first-order valence-electron chi connectivity index (χ1n) is 6.07. The van der Waals surface area contributed by atoms with E-state index in [2.05, 4.69) is 21.2 Å². The summed E-state index contributed by atoms with van der Waals surface area (Å²) < 4.78 is 6.67. The van der Waals surface area contributed by atoms with Gasteiger partial charge in [0.15, 0.2) is 0 Å². The number of halogens is 2. The Bertz CT molecular complexity index is 366. The van der Waals surface area contributed by atoms with E-state index in [1.165, 1.54) is 19.3 Å². The molecule has 1 atom stereocenters. The Hall–Kier alpha value is -0.250. The quantitative estimate of drug-likeness (QED) is 0.905. The molecule has 0 spiro atoms. The number of ether oxygens (including phenoxy) is 1. The normalized spacial score (nSPS) is 20.2. The van der Waals surface area contributed by atoms with Crippen LogP contribution in [0.5, 0.6) is 5.75 Å². The van der Waals surface area contributed by atoms with Gasteiger partial charge in [-0.25, -0.2) is 0 Å². The van der Waals surface area contributed by atoms with Crippen molar-refractivity contribution < 1.29 is 4.74 Å². The van der Waals surface area contributed by atoms with E-state index in [9.17, 15) is 0 Å². The van der Waals surface area contributed by atoms with Gasteiger partial charge in [0.05, 0.1) is 11.1 Å². The van der Waals surface area contributed by atoms with Gasteiger partial charge in [-0.1, -0.05) is 18.0 Å². The van der Waals surface area contributed by atoms with E-state index in [1.54, 1.807) is 0 Å². The van der Waals surface area contributed by atoms with E-state index < -0.39 is 0 Å². The summed E-state index contributed by atoms with van der Waals surface area (Å²) in [6.07, 6.45) is 4.97. The highest BCUT2D eigenvalue weighted by Crippen LogP contribution is 2.28. The predicted molar refractivity (Wildman–Crippen MR) is 74.9 cm³/mol. The van der Waals surface area contributed by atoms with Crippen LogP contribution < -0.4 is 10.1 Å². The number of rotatable bonds is 4. The van der Waals surface area contributed by atoms with Crippen molar-refractivity contribution in [1.29, 1.82) is 0 Å². The molecule has 1 heterocycles. The molecule has 0 saturated carbocycles. The van der Waals surface area contributed by atoms with Crippen LogP contribution in [0.2, 0.25) is 5.02 Å². The van der Waals surface area contributed by atoms with E-state index in [0.29, 0.717) is 6.04 Å². The molecule has 0 amide bonds. The zero-order chi connectivity index (χ0) is 12.1. The molecule has 4 heteroatoms. The topological polar surface area (TPSA) is 21.3 Å². The van der Waals surface area contributed by atoms with Gasteiger partial charge in [0.1, 0.15) is 5.75 Å². The van der Waals surface area contributed by atoms with Gasteiger partial charge >= 0.3 is 0 Å². The maximum Gasteiger partial charge on any atom is 0.133 e. The molecule has 1 saturated heterocycles. The van der Waals surface area contributed by atoms with Crippen LogP contribution in [-0.2, 0) is 0 Å². The van der Waals surface area contributed by atoms with Crippen molar-refractivity contribution in [1.82, 2.24) is 5.32 Å². The van der Waals surface area contributed by atoms with Gasteiger partial charge < -0.3 is 10.1 Å². The summed E-state index contributed by atoms with van der Waals surface area (Å²) in [4.78, 5) is 0. The number of hydrogen-bond acceptors (Lipinski definition) is 2. The van der Waals surface area contributed by atoms with Crippen LogP contribution in [0.25, 0.3) is 0 Å². The summed E-state index contributed by atoms with van der Waals surface area (Å²) in [6.45, 7) is 1.90. The third-order valence-electron chi connectivity index (χ3n) is 3.03. The van der Waals surface area contributed by atoms with Gasteiger partial charge in [-0.15, -0.1) is 0 Å². The minimum atomic E-state index is 0.620. The van der Waals surface area contributed by atoms with Crippen molar-refractivity contribution in [3.05, 3.63) is 27.7 Å². The van der Waals surface area contributed by atoms with Gasteiger partial charge in [0.2, 0.25) is 0 Å².